The van der Waals surface area contributed by atoms with Crippen LogP contribution in [0.1, 0.15) is 39.3 Å². The van der Waals surface area contributed by atoms with Gasteiger partial charge in [0.25, 0.3) is 5.91 Å². The molecule has 2 heterocycles. The summed E-state index contributed by atoms with van der Waals surface area (Å²) >= 11 is 11.7. The van der Waals surface area contributed by atoms with Crippen LogP contribution in [0.25, 0.3) is 0 Å². The van der Waals surface area contributed by atoms with Crippen LogP contribution in [-0.4, -0.2) is 47.8 Å². The van der Waals surface area contributed by atoms with E-state index in [1.807, 2.05) is 7.05 Å². The number of piperidine rings is 1. The Morgan fingerprint density at radius 3 is 2.58 bits per heavy atom. The highest BCUT2D eigenvalue weighted by Gasteiger charge is 2.23. The van der Waals surface area contributed by atoms with Crippen molar-refractivity contribution in [3.63, 3.8) is 0 Å². The SMILES string of the molecule is CN1CCC(NC(=O)c2cc(C(=O)c3c(Cl)ccc(Cl)c3F)c[nH]2)CC1. The Morgan fingerprint density at radius 1 is 1.23 bits per heavy atom. The highest BCUT2D eigenvalue weighted by Crippen LogP contribution is 2.28. The topological polar surface area (TPSA) is 65.2 Å². The molecule has 2 N–H and O–H groups in total. The minimum Gasteiger partial charge on any atom is -0.356 e. The summed E-state index contributed by atoms with van der Waals surface area (Å²) in [5.41, 5.74) is 0.0767. The molecular formula is C18H18Cl2FN3O2. The van der Waals surface area contributed by atoms with Gasteiger partial charge in [-0.3, -0.25) is 9.59 Å². The van der Waals surface area contributed by atoms with E-state index in [4.69, 9.17) is 23.2 Å². The van der Waals surface area contributed by atoms with Gasteiger partial charge in [0.05, 0.1) is 15.6 Å². The minimum absolute atomic E-state index is 0.0320. The van der Waals surface area contributed by atoms with Gasteiger partial charge in [-0.15, -0.1) is 0 Å². The number of rotatable bonds is 4. The number of halogens is 3. The molecule has 0 bridgehead atoms. The largest absolute Gasteiger partial charge is 0.356 e. The lowest BCUT2D eigenvalue weighted by Gasteiger charge is -2.29. The van der Waals surface area contributed by atoms with Gasteiger partial charge in [0.15, 0.2) is 11.6 Å². The smallest absolute Gasteiger partial charge is 0.267 e. The zero-order valence-corrected chi connectivity index (χ0v) is 15.6. The Labute approximate surface area is 160 Å². The number of nitrogens with one attached hydrogen (secondary N) is 2. The maximum atomic E-state index is 14.2. The van der Waals surface area contributed by atoms with E-state index in [0.29, 0.717) is 0 Å². The van der Waals surface area contributed by atoms with Crippen molar-refractivity contribution >= 4 is 34.9 Å². The van der Waals surface area contributed by atoms with Gasteiger partial charge in [0.2, 0.25) is 0 Å². The van der Waals surface area contributed by atoms with E-state index in [1.165, 1.54) is 24.4 Å². The number of hydrogen-bond donors (Lipinski definition) is 2. The summed E-state index contributed by atoms with van der Waals surface area (Å²) < 4.78 is 14.2. The highest BCUT2D eigenvalue weighted by molar-refractivity contribution is 6.37. The third-order valence-corrected chi connectivity index (χ3v) is 5.12. The number of carbonyl (C=O) groups excluding carboxylic acids is 2. The summed E-state index contributed by atoms with van der Waals surface area (Å²) in [7, 11) is 2.04. The summed E-state index contributed by atoms with van der Waals surface area (Å²) in [6.45, 7) is 1.85. The summed E-state index contributed by atoms with van der Waals surface area (Å²) in [6, 6.07) is 4.14. The summed E-state index contributed by atoms with van der Waals surface area (Å²) in [5.74, 6) is -1.80. The van der Waals surface area contributed by atoms with Crippen molar-refractivity contribution in [2.24, 2.45) is 0 Å². The molecule has 1 aliphatic heterocycles. The van der Waals surface area contributed by atoms with Crippen molar-refractivity contribution in [3.8, 4) is 0 Å². The van der Waals surface area contributed by atoms with Gasteiger partial charge in [-0.05, 0) is 51.2 Å². The Kier molecular flexibility index (Phi) is 5.65. The van der Waals surface area contributed by atoms with E-state index in [2.05, 4.69) is 15.2 Å². The molecule has 1 aromatic carbocycles. The summed E-state index contributed by atoms with van der Waals surface area (Å²) in [4.78, 5) is 29.9. The molecule has 5 nitrogen and oxygen atoms in total. The normalized spacial score (nSPS) is 15.8. The van der Waals surface area contributed by atoms with E-state index >= 15 is 0 Å². The van der Waals surface area contributed by atoms with Gasteiger partial charge >= 0.3 is 0 Å². The van der Waals surface area contributed by atoms with Gasteiger partial charge in [-0.25, -0.2) is 4.39 Å². The van der Waals surface area contributed by atoms with Crippen LogP contribution in [0.15, 0.2) is 24.4 Å². The molecular weight excluding hydrogens is 380 g/mol. The Bertz CT molecular complexity index is 845. The number of amides is 1. The number of aromatic nitrogens is 1. The van der Waals surface area contributed by atoms with Gasteiger partial charge < -0.3 is 15.2 Å². The third kappa shape index (κ3) is 3.92. The lowest BCUT2D eigenvalue weighted by molar-refractivity contribution is 0.0912. The molecule has 3 rings (SSSR count). The lowest BCUT2D eigenvalue weighted by atomic mass is 10.0. The first-order valence-corrected chi connectivity index (χ1v) is 8.98. The number of benzene rings is 1. The Morgan fingerprint density at radius 2 is 1.88 bits per heavy atom. The standard InChI is InChI=1S/C18H18Cl2FN3O2/c1-24-6-4-11(5-7-24)23-18(26)14-8-10(9-22-14)17(25)15-12(19)2-3-13(20)16(15)21/h2-3,8-9,11,22H,4-7H2,1H3,(H,23,26). The molecule has 1 saturated heterocycles. The maximum Gasteiger partial charge on any atom is 0.267 e. The number of carbonyl (C=O) groups is 2. The number of nitrogens with zero attached hydrogens (tertiary/aromatic N) is 1. The van der Waals surface area contributed by atoms with E-state index in [0.717, 1.165) is 25.9 Å². The third-order valence-electron chi connectivity index (χ3n) is 4.51. The van der Waals surface area contributed by atoms with E-state index in [9.17, 15) is 14.0 Å². The molecule has 1 aliphatic rings. The first kappa shape index (κ1) is 18.9. The zero-order chi connectivity index (χ0) is 18.8. The average Bonchev–Trinajstić information content (AvgIpc) is 3.11. The Hall–Kier alpha value is -1.89. The molecule has 0 saturated carbocycles. The maximum absolute atomic E-state index is 14.2. The van der Waals surface area contributed by atoms with Gasteiger partial charge in [0.1, 0.15) is 5.69 Å². The fraction of sp³-hybridized carbons (Fsp3) is 0.333. The number of ketones is 1. The van der Waals surface area contributed by atoms with Gasteiger partial charge in [0, 0.05) is 17.8 Å². The van der Waals surface area contributed by atoms with E-state index in [1.54, 1.807) is 0 Å². The fourth-order valence-corrected chi connectivity index (χ4v) is 3.34. The number of H-pyrrole nitrogens is 1. The van der Waals surface area contributed by atoms with Crippen LogP contribution >= 0.6 is 23.2 Å². The minimum atomic E-state index is -0.873. The monoisotopic (exact) mass is 397 g/mol. The van der Waals surface area contributed by atoms with Crippen LogP contribution in [0.5, 0.6) is 0 Å². The van der Waals surface area contributed by atoms with Crippen LogP contribution in [-0.2, 0) is 0 Å². The predicted molar refractivity (Wildman–Crippen MR) is 98.6 cm³/mol. The first-order chi connectivity index (χ1) is 12.4. The van der Waals surface area contributed by atoms with Crippen molar-refractivity contribution in [2.75, 3.05) is 20.1 Å². The number of aromatic amines is 1. The fourth-order valence-electron chi connectivity index (χ4n) is 2.95. The summed E-state index contributed by atoms with van der Waals surface area (Å²) in [6.07, 6.45) is 3.11. The lowest BCUT2D eigenvalue weighted by Crippen LogP contribution is -2.43. The van der Waals surface area contributed by atoms with Crippen LogP contribution in [0.4, 0.5) is 4.39 Å². The predicted octanol–water partition coefficient (Wildman–Crippen LogP) is 3.52. The second kappa shape index (κ2) is 7.78. The zero-order valence-electron chi connectivity index (χ0n) is 14.1. The average molecular weight is 398 g/mol. The van der Waals surface area contributed by atoms with Gasteiger partial charge in [-0.2, -0.15) is 0 Å². The number of hydrogen-bond acceptors (Lipinski definition) is 3. The van der Waals surface area contributed by atoms with Crippen molar-refractivity contribution in [3.05, 3.63) is 57.1 Å². The molecule has 0 spiro atoms. The number of likely N-dealkylation sites (tertiary alicyclic amines) is 1. The second-order valence-corrected chi connectivity index (χ2v) is 7.21. The van der Waals surface area contributed by atoms with E-state index < -0.39 is 11.6 Å². The second-order valence-electron chi connectivity index (χ2n) is 6.40. The molecule has 26 heavy (non-hydrogen) atoms. The van der Waals surface area contributed by atoms with Crippen LogP contribution in [0.3, 0.4) is 0 Å². The van der Waals surface area contributed by atoms with Gasteiger partial charge in [-0.1, -0.05) is 23.2 Å². The van der Waals surface area contributed by atoms with Crippen LogP contribution in [0.2, 0.25) is 10.0 Å². The van der Waals surface area contributed by atoms with Crippen molar-refractivity contribution in [1.29, 1.82) is 0 Å². The van der Waals surface area contributed by atoms with Crippen LogP contribution < -0.4 is 5.32 Å². The van der Waals surface area contributed by atoms with Crippen molar-refractivity contribution < 1.29 is 14.0 Å². The molecule has 0 aliphatic carbocycles. The Balaban J connectivity index is 1.74. The highest BCUT2D eigenvalue weighted by atomic mass is 35.5. The molecule has 138 valence electrons. The van der Waals surface area contributed by atoms with Crippen molar-refractivity contribution in [1.82, 2.24) is 15.2 Å². The molecule has 1 fully saturated rings. The molecule has 2 aromatic rings. The molecule has 1 aromatic heterocycles. The molecule has 1 amide bonds. The van der Waals surface area contributed by atoms with Crippen molar-refractivity contribution in [2.45, 2.75) is 18.9 Å². The summed E-state index contributed by atoms with van der Waals surface area (Å²) in [5, 5.41) is 2.73. The molecule has 0 unspecified atom stereocenters. The first-order valence-electron chi connectivity index (χ1n) is 8.23. The molecule has 0 atom stereocenters. The quantitative estimate of drug-likeness (QED) is 0.612. The van der Waals surface area contributed by atoms with Crippen LogP contribution in [0, 0.1) is 5.82 Å². The molecule has 0 radical (unpaired) electrons. The molecule has 8 heteroatoms. The van der Waals surface area contributed by atoms with E-state index in [-0.39, 0.29) is 38.8 Å².